The van der Waals surface area contributed by atoms with E-state index in [0.29, 0.717) is 0 Å². The molecule has 1 aromatic rings. The molecule has 0 saturated carbocycles. The first-order valence-corrected chi connectivity index (χ1v) is 5.50. The number of carbonyl (C=O) groups is 1. The first-order valence-electron chi connectivity index (χ1n) is 5.50. The van der Waals surface area contributed by atoms with Gasteiger partial charge in [0.1, 0.15) is 0 Å². The fourth-order valence-corrected chi connectivity index (χ4v) is 1.82. The third kappa shape index (κ3) is 3.44. The number of alkyl halides is 2. The van der Waals surface area contributed by atoms with Crippen LogP contribution in [0.25, 0.3) is 0 Å². The number of nitrogens with one attached hydrogen (secondary N) is 1. The van der Waals surface area contributed by atoms with Gasteiger partial charge in [0.25, 0.3) is 11.6 Å². The number of rotatable bonds is 4. The Morgan fingerprint density at radius 3 is 2.74 bits per heavy atom. The predicted molar refractivity (Wildman–Crippen MR) is 63.1 cm³/mol. The summed E-state index contributed by atoms with van der Waals surface area (Å²) in [5.74, 6) is -3.19. The standard InChI is InChI=1S/C11H11F2N3O3/c12-11(13)6-15(7-11)5-10(17)14-8-2-1-3-9(4-8)16(18)19/h1-4H,5-7H2,(H,14,17). The lowest BCUT2D eigenvalue weighted by Gasteiger charge is -2.37. The lowest BCUT2D eigenvalue weighted by molar-refractivity contribution is -0.384. The van der Waals surface area contributed by atoms with Gasteiger partial charge in [0.15, 0.2) is 0 Å². The van der Waals surface area contributed by atoms with Crippen LogP contribution in [0.4, 0.5) is 20.2 Å². The summed E-state index contributed by atoms with van der Waals surface area (Å²) in [6, 6.07) is 5.44. The smallest absolute Gasteiger partial charge is 0.272 e. The molecule has 1 heterocycles. The van der Waals surface area contributed by atoms with Crippen LogP contribution in [0.3, 0.4) is 0 Å². The Kier molecular flexibility index (Phi) is 3.43. The number of benzene rings is 1. The van der Waals surface area contributed by atoms with E-state index in [1.165, 1.54) is 29.2 Å². The fourth-order valence-electron chi connectivity index (χ4n) is 1.82. The largest absolute Gasteiger partial charge is 0.325 e. The molecule has 8 heteroatoms. The minimum absolute atomic E-state index is 0.145. The molecule has 102 valence electrons. The molecule has 1 saturated heterocycles. The maximum Gasteiger partial charge on any atom is 0.272 e. The average molecular weight is 271 g/mol. The van der Waals surface area contributed by atoms with Crippen molar-refractivity contribution in [1.82, 2.24) is 4.90 Å². The fraction of sp³-hybridized carbons (Fsp3) is 0.364. The van der Waals surface area contributed by atoms with Crippen LogP contribution in [0.1, 0.15) is 0 Å². The van der Waals surface area contributed by atoms with Crippen LogP contribution in [-0.4, -0.2) is 41.3 Å². The third-order valence-corrected chi connectivity index (χ3v) is 2.62. The lowest BCUT2D eigenvalue weighted by atomic mass is 10.1. The van der Waals surface area contributed by atoms with Crippen molar-refractivity contribution in [3.63, 3.8) is 0 Å². The van der Waals surface area contributed by atoms with Gasteiger partial charge in [-0.05, 0) is 6.07 Å². The Labute approximate surface area is 107 Å². The van der Waals surface area contributed by atoms with Crippen LogP contribution in [0.5, 0.6) is 0 Å². The Hall–Kier alpha value is -2.09. The second-order valence-corrected chi connectivity index (χ2v) is 4.36. The average Bonchev–Trinajstić information content (AvgIpc) is 2.26. The Morgan fingerprint density at radius 1 is 1.47 bits per heavy atom. The zero-order valence-electron chi connectivity index (χ0n) is 9.81. The maximum absolute atomic E-state index is 12.6. The molecular formula is C11H11F2N3O3. The van der Waals surface area contributed by atoms with E-state index in [9.17, 15) is 23.7 Å². The van der Waals surface area contributed by atoms with E-state index in [-0.39, 0.29) is 17.9 Å². The lowest BCUT2D eigenvalue weighted by Crippen LogP contribution is -2.57. The highest BCUT2D eigenvalue weighted by atomic mass is 19.3. The van der Waals surface area contributed by atoms with Gasteiger partial charge in [-0.2, -0.15) is 0 Å². The molecule has 0 radical (unpaired) electrons. The summed E-state index contributed by atoms with van der Waals surface area (Å²) in [5, 5.41) is 13.0. The molecule has 1 amide bonds. The molecule has 0 aromatic heterocycles. The van der Waals surface area contributed by atoms with Crippen molar-refractivity contribution in [3.05, 3.63) is 34.4 Å². The molecule has 0 aliphatic carbocycles. The van der Waals surface area contributed by atoms with Crippen molar-refractivity contribution in [3.8, 4) is 0 Å². The second kappa shape index (κ2) is 4.88. The van der Waals surface area contributed by atoms with E-state index in [1.54, 1.807) is 0 Å². The van der Waals surface area contributed by atoms with E-state index < -0.39 is 29.8 Å². The third-order valence-electron chi connectivity index (χ3n) is 2.62. The molecule has 19 heavy (non-hydrogen) atoms. The quantitative estimate of drug-likeness (QED) is 0.665. The molecule has 6 nitrogen and oxygen atoms in total. The first kappa shape index (κ1) is 13.3. The Morgan fingerprint density at radius 2 is 2.16 bits per heavy atom. The molecule has 1 aliphatic rings. The summed E-state index contributed by atoms with van der Waals surface area (Å²) < 4.78 is 25.1. The molecule has 1 fully saturated rings. The number of non-ortho nitro benzene ring substituents is 1. The van der Waals surface area contributed by atoms with Crippen molar-refractivity contribution in [1.29, 1.82) is 0 Å². The summed E-state index contributed by atoms with van der Waals surface area (Å²) in [4.78, 5) is 22.8. The number of amides is 1. The van der Waals surface area contributed by atoms with E-state index in [2.05, 4.69) is 5.32 Å². The van der Waals surface area contributed by atoms with Crippen molar-refractivity contribution in [2.45, 2.75) is 5.92 Å². The van der Waals surface area contributed by atoms with E-state index in [0.717, 1.165) is 0 Å². The number of nitrogens with zero attached hydrogens (tertiary/aromatic N) is 2. The topological polar surface area (TPSA) is 75.5 Å². The molecule has 1 aromatic carbocycles. The highest BCUT2D eigenvalue weighted by Crippen LogP contribution is 2.26. The minimum Gasteiger partial charge on any atom is -0.325 e. The highest BCUT2D eigenvalue weighted by molar-refractivity contribution is 5.92. The molecule has 0 spiro atoms. The molecule has 0 bridgehead atoms. The highest BCUT2D eigenvalue weighted by Gasteiger charge is 2.44. The van der Waals surface area contributed by atoms with Crippen molar-refractivity contribution in [2.75, 3.05) is 25.0 Å². The normalized spacial score (nSPS) is 17.6. The first-order chi connectivity index (χ1) is 8.85. The number of likely N-dealkylation sites (tertiary alicyclic amines) is 1. The Bertz CT molecular complexity index is 514. The zero-order chi connectivity index (χ0) is 14.0. The van der Waals surface area contributed by atoms with Crippen LogP contribution >= 0.6 is 0 Å². The zero-order valence-corrected chi connectivity index (χ0v) is 9.81. The molecule has 2 rings (SSSR count). The van der Waals surface area contributed by atoms with Crippen molar-refractivity contribution < 1.29 is 18.5 Å². The van der Waals surface area contributed by atoms with Crippen LogP contribution in [0.2, 0.25) is 0 Å². The van der Waals surface area contributed by atoms with Gasteiger partial charge in [-0.3, -0.25) is 19.8 Å². The maximum atomic E-state index is 12.6. The summed E-state index contributed by atoms with van der Waals surface area (Å²) >= 11 is 0. The Balaban J connectivity index is 1.89. The second-order valence-electron chi connectivity index (χ2n) is 4.36. The van der Waals surface area contributed by atoms with Gasteiger partial charge in [-0.25, -0.2) is 8.78 Å². The van der Waals surface area contributed by atoms with E-state index in [1.807, 2.05) is 0 Å². The van der Waals surface area contributed by atoms with Gasteiger partial charge in [0.05, 0.1) is 24.6 Å². The summed E-state index contributed by atoms with van der Waals surface area (Å²) in [5.41, 5.74) is 0.125. The SMILES string of the molecule is O=C(CN1CC(F)(F)C1)Nc1cccc([N+](=O)[O-])c1. The number of halogens is 2. The van der Waals surface area contributed by atoms with Gasteiger partial charge < -0.3 is 5.32 Å². The number of hydrogen-bond acceptors (Lipinski definition) is 4. The summed E-state index contributed by atoms with van der Waals surface area (Å²) in [6.07, 6.45) is 0. The van der Waals surface area contributed by atoms with Gasteiger partial charge in [-0.15, -0.1) is 0 Å². The number of nitro benzene ring substituents is 1. The van der Waals surface area contributed by atoms with Crippen LogP contribution in [0, 0.1) is 10.1 Å². The predicted octanol–water partition coefficient (Wildman–Crippen LogP) is 1.48. The van der Waals surface area contributed by atoms with Crippen LogP contribution in [-0.2, 0) is 4.79 Å². The number of hydrogen-bond donors (Lipinski definition) is 1. The van der Waals surface area contributed by atoms with E-state index >= 15 is 0 Å². The van der Waals surface area contributed by atoms with Crippen LogP contribution < -0.4 is 5.32 Å². The van der Waals surface area contributed by atoms with Crippen molar-refractivity contribution >= 4 is 17.3 Å². The monoisotopic (exact) mass is 271 g/mol. The number of anilines is 1. The molecule has 0 atom stereocenters. The van der Waals surface area contributed by atoms with Gasteiger partial charge in [-0.1, -0.05) is 6.07 Å². The molecule has 1 N–H and O–H groups in total. The van der Waals surface area contributed by atoms with Crippen molar-refractivity contribution in [2.24, 2.45) is 0 Å². The van der Waals surface area contributed by atoms with Gasteiger partial charge in [0, 0.05) is 17.8 Å². The summed E-state index contributed by atoms with van der Waals surface area (Å²) in [6.45, 7) is -1.02. The molecular weight excluding hydrogens is 260 g/mol. The van der Waals surface area contributed by atoms with E-state index in [4.69, 9.17) is 0 Å². The van der Waals surface area contributed by atoms with Gasteiger partial charge >= 0.3 is 0 Å². The van der Waals surface area contributed by atoms with Gasteiger partial charge in [0.2, 0.25) is 5.91 Å². The van der Waals surface area contributed by atoms with Crippen LogP contribution in [0.15, 0.2) is 24.3 Å². The molecule has 0 unspecified atom stereocenters. The number of carbonyl (C=O) groups excluding carboxylic acids is 1. The minimum atomic E-state index is -2.72. The summed E-state index contributed by atoms with van der Waals surface area (Å²) in [7, 11) is 0. The number of nitro groups is 1. The molecule has 1 aliphatic heterocycles.